The molecule has 0 radical (unpaired) electrons. The molecule has 1 aromatic carbocycles. The van der Waals surface area contributed by atoms with Crippen LogP contribution in [-0.2, 0) is 5.92 Å². The Bertz CT molecular complexity index is 483. The Labute approximate surface area is 91.7 Å². The Morgan fingerprint density at radius 2 is 1.88 bits per heavy atom. The van der Waals surface area contributed by atoms with Gasteiger partial charge in [0.25, 0.3) is 0 Å². The number of nitrogens with zero attached hydrogens (tertiary/aromatic N) is 1. The van der Waals surface area contributed by atoms with Gasteiger partial charge in [-0.05, 0) is 24.3 Å². The highest BCUT2D eigenvalue weighted by Crippen LogP contribution is 2.34. The van der Waals surface area contributed by atoms with Crippen molar-refractivity contribution in [2.24, 2.45) is 0 Å². The van der Waals surface area contributed by atoms with Crippen LogP contribution < -0.4 is 5.73 Å². The van der Waals surface area contributed by atoms with E-state index in [1.165, 1.54) is 36.5 Å². The maximum absolute atomic E-state index is 14.0. The molecule has 2 aromatic rings. The first-order valence-electron chi connectivity index (χ1n) is 4.76. The number of hydrogen-bond donors (Lipinski definition) is 1. The maximum Gasteiger partial charge on any atom is 0.314 e. The van der Waals surface area contributed by atoms with Crippen LogP contribution in [0, 0.1) is 0 Å². The number of hydrogen-bond acceptors (Lipinski definition) is 2. The van der Waals surface area contributed by atoms with E-state index in [4.69, 9.17) is 5.73 Å². The zero-order valence-electron chi connectivity index (χ0n) is 8.40. The van der Waals surface area contributed by atoms with Gasteiger partial charge < -0.3 is 5.73 Å². The molecule has 0 aliphatic rings. The Hall–Kier alpha value is -1.97. The molecule has 0 spiro atoms. The summed E-state index contributed by atoms with van der Waals surface area (Å²) in [5.41, 5.74) is 5.37. The SMILES string of the molecule is Nc1cccc(C(F)(F)c2ccccn2)c1. The van der Waals surface area contributed by atoms with Gasteiger partial charge in [-0.15, -0.1) is 0 Å². The zero-order chi connectivity index (χ0) is 11.6. The van der Waals surface area contributed by atoms with E-state index < -0.39 is 5.92 Å². The van der Waals surface area contributed by atoms with E-state index >= 15 is 0 Å². The van der Waals surface area contributed by atoms with Crippen LogP contribution in [0.2, 0.25) is 0 Å². The normalized spacial score (nSPS) is 11.4. The Kier molecular flexibility index (Phi) is 2.56. The number of nitrogen functional groups attached to an aromatic ring is 1. The fourth-order valence-corrected chi connectivity index (χ4v) is 1.43. The van der Waals surface area contributed by atoms with Gasteiger partial charge >= 0.3 is 5.92 Å². The molecule has 0 atom stereocenters. The molecule has 82 valence electrons. The highest BCUT2D eigenvalue weighted by Gasteiger charge is 2.35. The second-order valence-electron chi connectivity index (χ2n) is 3.41. The summed E-state index contributed by atoms with van der Waals surface area (Å²) in [5.74, 6) is -3.11. The standard InChI is InChI=1S/C12H10F2N2/c13-12(14,11-6-1-2-7-16-11)9-4-3-5-10(15)8-9/h1-8H,15H2. The van der Waals surface area contributed by atoms with Gasteiger partial charge in [-0.1, -0.05) is 18.2 Å². The fraction of sp³-hybridized carbons (Fsp3) is 0.0833. The van der Waals surface area contributed by atoms with Crippen LogP contribution in [0.25, 0.3) is 0 Å². The number of alkyl halides is 2. The third kappa shape index (κ3) is 1.86. The molecule has 0 aliphatic heterocycles. The molecule has 0 fully saturated rings. The fourth-order valence-electron chi connectivity index (χ4n) is 1.43. The van der Waals surface area contributed by atoms with Crippen LogP contribution in [0.4, 0.5) is 14.5 Å². The summed E-state index contributed by atoms with van der Waals surface area (Å²) in [6, 6.07) is 10.1. The third-order valence-corrected chi connectivity index (χ3v) is 2.24. The van der Waals surface area contributed by atoms with E-state index in [9.17, 15) is 8.78 Å². The molecule has 2 rings (SSSR count). The van der Waals surface area contributed by atoms with Crippen molar-refractivity contribution in [1.29, 1.82) is 0 Å². The lowest BCUT2D eigenvalue weighted by Crippen LogP contribution is -2.17. The van der Waals surface area contributed by atoms with Gasteiger partial charge in [0.2, 0.25) is 0 Å². The summed E-state index contributed by atoms with van der Waals surface area (Å²) < 4.78 is 27.9. The van der Waals surface area contributed by atoms with Crippen molar-refractivity contribution in [2.75, 3.05) is 5.73 Å². The van der Waals surface area contributed by atoms with Crippen molar-refractivity contribution < 1.29 is 8.78 Å². The molecular formula is C12H10F2N2. The number of benzene rings is 1. The molecular weight excluding hydrogens is 210 g/mol. The molecule has 1 aromatic heterocycles. The lowest BCUT2D eigenvalue weighted by Gasteiger charge is -2.16. The summed E-state index contributed by atoms with van der Waals surface area (Å²) in [7, 11) is 0. The summed E-state index contributed by atoms with van der Waals surface area (Å²) in [6.45, 7) is 0. The smallest absolute Gasteiger partial charge is 0.314 e. The van der Waals surface area contributed by atoms with Crippen molar-refractivity contribution in [3.63, 3.8) is 0 Å². The lowest BCUT2D eigenvalue weighted by molar-refractivity contribution is 0.0381. The quantitative estimate of drug-likeness (QED) is 0.790. The second-order valence-corrected chi connectivity index (χ2v) is 3.41. The van der Waals surface area contributed by atoms with E-state index in [0.29, 0.717) is 5.69 Å². The van der Waals surface area contributed by atoms with Gasteiger partial charge in [-0.3, -0.25) is 4.98 Å². The van der Waals surface area contributed by atoms with Crippen molar-refractivity contribution in [2.45, 2.75) is 5.92 Å². The minimum Gasteiger partial charge on any atom is -0.399 e. The molecule has 0 unspecified atom stereocenters. The number of rotatable bonds is 2. The molecule has 2 nitrogen and oxygen atoms in total. The summed E-state index contributed by atoms with van der Waals surface area (Å²) in [6.07, 6.45) is 1.34. The van der Waals surface area contributed by atoms with Gasteiger partial charge in [-0.25, -0.2) is 0 Å². The first-order valence-corrected chi connectivity index (χ1v) is 4.76. The monoisotopic (exact) mass is 220 g/mol. The van der Waals surface area contributed by atoms with Gasteiger partial charge in [-0.2, -0.15) is 8.78 Å². The average Bonchev–Trinajstić information content (AvgIpc) is 2.30. The third-order valence-electron chi connectivity index (χ3n) is 2.24. The van der Waals surface area contributed by atoms with Gasteiger partial charge in [0.15, 0.2) is 0 Å². The zero-order valence-corrected chi connectivity index (χ0v) is 8.40. The number of pyridine rings is 1. The molecule has 0 bridgehead atoms. The molecule has 0 aliphatic carbocycles. The topological polar surface area (TPSA) is 38.9 Å². The van der Waals surface area contributed by atoms with Crippen LogP contribution in [0.5, 0.6) is 0 Å². The van der Waals surface area contributed by atoms with E-state index in [0.717, 1.165) is 0 Å². The van der Waals surface area contributed by atoms with E-state index in [2.05, 4.69) is 4.98 Å². The van der Waals surface area contributed by atoms with Gasteiger partial charge in [0.05, 0.1) is 0 Å². The van der Waals surface area contributed by atoms with E-state index in [1.54, 1.807) is 12.1 Å². The predicted octanol–water partition coefficient (Wildman–Crippen LogP) is 2.80. The maximum atomic E-state index is 14.0. The number of aromatic nitrogens is 1. The summed E-state index contributed by atoms with van der Waals surface area (Å²) >= 11 is 0. The Balaban J connectivity index is 2.47. The van der Waals surface area contributed by atoms with Crippen molar-refractivity contribution in [1.82, 2.24) is 4.98 Å². The van der Waals surface area contributed by atoms with Gasteiger partial charge in [0, 0.05) is 17.4 Å². The van der Waals surface area contributed by atoms with Crippen molar-refractivity contribution in [3.8, 4) is 0 Å². The number of anilines is 1. The number of nitrogens with two attached hydrogens (primary N) is 1. The lowest BCUT2D eigenvalue weighted by atomic mass is 10.0. The Morgan fingerprint density at radius 1 is 1.06 bits per heavy atom. The summed E-state index contributed by atoms with van der Waals surface area (Å²) in [5, 5.41) is 0. The van der Waals surface area contributed by atoms with Crippen LogP contribution in [-0.4, -0.2) is 4.98 Å². The average molecular weight is 220 g/mol. The first-order chi connectivity index (χ1) is 7.60. The van der Waals surface area contributed by atoms with Crippen molar-refractivity contribution in [3.05, 3.63) is 59.9 Å². The summed E-state index contributed by atoms with van der Waals surface area (Å²) in [4.78, 5) is 3.67. The molecule has 2 N–H and O–H groups in total. The molecule has 0 saturated carbocycles. The van der Waals surface area contributed by atoms with Crippen LogP contribution in [0.1, 0.15) is 11.3 Å². The number of halogens is 2. The second kappa shape index (κ2) is 3.89. The molecule has 0 saturated heterocycles. The largest absolute Gasteiger partial charge is 0.399 e. The van der Waals surface area contributed by atoms with E-state index in [1.807, 2.05) is 0 Å². The van der Waals surface area contributed by atoms with Gasteiger partial charge in [0.1, 0.15) is 5.69 Å². The molecule has 16 heavy (non-hydrogen) atoms. The Morgan fingerprint density at radius 3 is 2.50 bits per heavy atom. The van der Waals surface area contributed by atoms with Crippen LogP contribution >= 0.6 is 0 Å². The predicted molar refractivity (Wildman–Crippen MR) is 58.1 cm³/mol. The molecule has 4 heteroatoms. The minimum atomic E-state index is -3.11. The minimum absolute atomic E-state index is 0.147. The first kappa shape index (κ1) is 10.5. The van der Waals surface area contributed by atoms with Crippen LogP contribution in [0.3, 0.4) is 0 Å². The molecule has 1 heterocycles. The van der Waals surface area contributed by atoms with E-state index in [-0.39, 0.29) is 11.3 Å². The van der Waals surface area contributed by atoms with Crippen molar-refractivity contribution >= 4 is 5.69 Å². The molecule has 0 amide bonds. The highest BCUT2D eigenvalue weighted by molar-refractivity contribution is 5.44. The van der Waals surface area contributed by atoms with Crippen LogP contribution in [0.15, 0.2) is 48.7 Å². The highest BCUT2D eigenvalue weighted by atomic mass is 19.3.